The van der Waals surface area contributed by atoms with Crippen LogP contribution in [0.1, 0.15) is 30.9 Å². The number of esters is 1. The highest BCUT2D eigenvalue weighted by molar-refractivity contribution is 5.92. The summed E-state index contributed by atoms with van der Waals surface area (Å²) >= 11 is 0. The molecule has 1 aliphatic rings. The summed E-state index contributed by atoms with van der Waals surface area (Å²) in [4.78, 5) is 12.5. The SMILES string of the molecule is CCOC(=O)C1=C(C)OC(N)=C(C#N)C1c1ccc(OC)c(COC)c1. The van der Waals surface area contributed by atoms with Crippen LogP contribution in [0, 0.1) is 11.3 Å². The molecule has 0 aliphatic carbocycles. The van der Waals surface area contributed by atoms with Crippen molar-refractivity contribution in [3.63, 3.8) is 0 Å². The minimum atomic E-state index is -0.686. The molecule has 1 heterocycles. The first-order valence-corrected chi connectivity index (χ1v) is 8.09. The Bertz CT molecular complexity index is 805. The van der Waals surface area contributed by atoms with Crippen molar-refractivity contribution < 1.29 is 23.7 Å². The number of carbonyl (C=O) groups excluding carboxylic acids is 1. The highest BCUT2D eigenvalue weighted by atomic mass is 16.5. The van der Waals surface area contributed by atoms with E-state index in [2.05, 4.69) is 6.07 Å². The molecule has 1 aromatic rings. The number of benzene rings is 1. The lowest BCUT2D eigenvalue weighted by atomic mass is 9.82. The maximum Gasteiger partial charge on any atom is 0.338 e. The van der Waals surface area contributed by atoms with E-state index in [0.717, 1.165) is 5.56 Å². The van der Waals surface area contributed by atoms with E-state index in [4.69, 9.17) is 24.7 Å². The van der Waals surface area contributed by atoms with Crippen molar-refractivity contribution in [3.8, 4) is 11.8 Å². The molecule has 1 atom stereocenters. The summed E-state index contributed by atoms with van der Waals surface area (Å²) < 4.78 is 21.1. The zero-order valence-corrected chi connectivity index (χ0v) is 15.3. The van der Waals surface area contributed by atoms with Crippen LogP contribution in [-0.4, -0.2) is 26.8 Å². The number of carbonyl (C=O) groups is 1. The van der Waals surface area contributed by atoms with Crippen LogP contribution in [0.15, 0.2) is 41.0 Å². The summed E-state index contributed by atoms with van der Waals surface area (Å²) in [6.45, 7) is 3.87. The summed E-state index contributed by atoms with van der Waals surface area (Å²) in [6, 6.07) is 7.43. The van der Waals surface area contributed by atoms with Gasteiger partial charge in [0.25, 0.3) is 0 Å². The number of ether oxygens (including phenoxy) is 4. The Balaban J connectivity index is 2.63. The zero-order chi connectivity index (χ0) is 19.3. The number of nitrogens with zero attached hydrogens (tertiary/aromatic N) is 1. The van der Waals surface area contributed by atoms with Crippen molar-refractivity contribution in [2.75, 3.05) is 20.8 Å². The van der Waals surface area contributed by atoms with Gasteiger partial charge in [-0.1, -0.05) is 6.07 Å². The normalized spacial score (nSPS) is 16.8. The molecule has 0 fully saturated rings. The number of hydrogen-bond acceptors (Lipinski definition) is 7. The molecule has 0 spiro atoms. The van der Waals surface area contributed by atoms with Crippen molar-refractivity contribution in [2.24, 2.45) is 5.73 Å². The Hall–Kier alpha value is -2.98. The number of nitriles is 1. The smallest absolute Gasteiger partial charge is 0.338 e. The molecule has 0 amide bonds. The minimum absolute atomic E-state index is 0.0211. The number of hydrogen-bond donors (Lipinski definition) is 1. The molecule has 138 valence electrons. The lowest BCUT2D eigenvalue weighted by Crippen LogP contribution is -2.25. The Morgan fingerprint density at radius 1 is 1.38 bits per heavy atom. The second kappa shape index (κ2) is 8.41. The Morgan fingerprint density at radius 3 is 2.69 bits per heavy atom. The van der Waals surface area contributed by atoms with Crippen LogP contribution in [0.4, 0.5) is 0 Å². The third kappa shape index (κ3) is 3.65. The van der Waals surface area contributed by atoms with Crippen molar-refractivity contribution in [1.82, 2.24) is 0 Å². The largest absolute Gasteiger partial charge is 0.496 e. The summed E-state index contributed by atoms with van der Waals surface area (Å²) in [5.41, 5.74) is 7.80. The molecule has 7 heteroatoms. The summed E-state index contributed by atoms with van der Waals surface area (Å²) in [6.07, 6.45) is 0. The van der Waals surface area contributed by atoms with Crippen LogP contribution in [0.2, 0.25) is 0 Å². The second-order valence-electron chi connectivity index (χ2n) is 5.62. The van der Waals surface area contributed by atoms with Gasteiger partial charge >= 0.3 is 5.97 Å². The van der Waals surface area contributed by atoms with Gasteiger partial charge in [-0.3, -0.25) is 0 Å². The molecule has 1 aliphatic heterocycles. The summed E-state index contributed by atoms with van der Waals surface area (Å²) in [5.74, 6) is -0.286. The quantitative estimate of drug-likeness (QED) is 0.779. The number of rotatable bonds is 6. The predicted octanol–water partition coefficient (Wildman–Crippen LogP) is 2.49. The second-order valence-corrected chi connectivity index (χ2v) is 5.62. The van der Waals surface area contributed by atoms with Crippen LogP contribution >= 0.6 is 0 Å². The molecule has 7 nitrogen and oxygen atoms in total. The first kappa shape index (κ1) is 19.3. The number of methoxy groups -OCH3 is 2. The van der Waals surface area contributed by atoms with E-state index in [0.29, 0.717) is 23.7 Å². The average molecular weight is 358 g/mol. The fourth-order valence-electron chi connectivity index (χ4n) is 2.93. The lowest BCUT2D eigenvalue weighted by molar-refractivity contribution is -0.139. The van der Waals surface area contributed by atoms with E-state index >= 15 is 0 Å². The van der Waals surface area contributed by atoms with Gasteiger partial charge in [0.05, 0.1) is 31.8 Å². The monoisotopic (exact) mass is 358 g/mol. The van der Waals surface area contributed by atoms with Gasteiger partial charge in [0.1, 0.15) is 23.2 Å². The third-order valence-corrected chi connectivity index (χ3v) is 4.04. The fourth-order valence-corrected chi connectivity index (χ4v) is 2.93. The van der Waals surface area contributed by atoms with Gasteiger partial charge in [-0.15, -0.1) is 0 Å². The van der Waals surface area contributed by atoms with Crippen molar-refractivity contribution in [2.45, 2.75) is 26.4 Å². The highest BCUT2D eigenvalue weighted by Gasteiger charge is 2.36. The predicted molar refractivity (Wildman–Crippen MR) is 93.7 cm³/mol. The van der Waals surface area contributed by atoms with Gasteiger partial charge in [0, 0.05) is 12.7 Å². The van der Waals surface area contributed by atoms with Crippen molar-refractivity contribution >= 4 is 5.97 Å². The molecular weight excluding hydrogens is 336 g/mol. The van der Waals surface area contributed by atoms with E-state index < -0.39 is 11.9 Å². The topological polar surface area (TPSA) is 104 Å². The van der Waals surface area contributed by atoms with Crippen LogP contribution in [0.3, 0.4) is 0 Å². The molecule has 26 heavy (non-hydrogen) atoms. The van der Waals surface area contributed by atoms with Gasteiger partial charge in [0.2, 0.25) is 5.88 Å². The molecule has 0 saturated carbocycles. The van der Waals surface area contributed by atoms with E-state index in [1.807, 2.05) is 6.07 Å². The van der Waals surface area contributed by atoms with Gasteiger partial charge in [-0.25, -0.2) is 4.79 Å². The minimum Gasteiger partial charge on any atom is -0.496 e. The van der Waals surface area contributed by atoms with Gasteiger partial charge in [-0.05, 0) is 31.5 Å². The average Bonchev–Trinajstić information content (AvgIpc) is 2.61. The van der Waals surface area contributed by atoms with Crippen molar-refractivity contribution in [3.05, 3.63) is 52.1 Å². The van der Waals surface area contributed by atoms with E-state index in [1.165, 1.54) is 0 Å². The first-order valence-electron chi connectivity index (χ1n) is 8.09. The highest BCUT2D eigenvalue weighted by Crippen LogP contribution is 2.40. The van der Waals surface area contributed by atoms with Crippen LogP contribution < -0.4 is 10.5 Å². The van der Waals surface area contributed by atoms with Crippen molar-refractivity contribution in [1.29, 1.82) is 5.26 Å². The third-order valence-electron chi connectivity index (χ3n) is 4.04. The maximum atomic E-state index is 12.5. The molecular formula is C19H22N2O5. The van der Waals surface area contributed by atoms with E-state index in [1.54, 1.807) is 40.2 Å². The molecule has 1 unspecified atom stereocenters. The standard InChI is InChI=1S/C19H22N2O5/c1-5-25-19(22)16-11(2)26-18(21)14(9-20)17(16)12-6-7-15(24-4)13(8-12)10-23-3/h6-8,17H,5,10,21H2,1-4H3. The molecule has 2 N–H and O–H groups in total. The Labute approximate surface area is 152 Å². The van der Waals surface area contributed by atoms with Crippen LogP contribution in [0.25, 0.3) is 0 Å². The van der Waals surface area contributed by atoms with E-state index in [-0.39, 0.29) is 23.6 Å². The van der Waals surface area contributed by atoms with Crippen LogP contribution in [0.5, 0.6) is 5.75 Å². The van der Waals surface area contributed by atoms with Gasteiger partial charge < -0.3 is 24.7 Å². The molecule has 2 rings (SSSR count). The zero-order valence-electron chi connectivity index (χ0n) is 15.3. The fraction of sp³-hybridized carbons (Fsp3) is 0.368. The number of allylic oxidation sites excluding steroid dienone is 2. The molecule has 0 radical (unpaired) electrons. The van der Waals surface area contributed by atoms with E-state index in [9.17, 15) is 10.1 Å². The molecule has 1 aromatic carbocycles. The van der Waals surface area contributed by atoms with Gasteiger partial charge in [-0.2, -0.15) is 5.26 Å². The Kier molecular flexibility index (Phi) is 6.26. The molecule has 0 bridgehead atoms. The van der Waals surface area contributed by atoms with Crippen LogP contribution in [-0.2, 0) is 25.6 Å². The lowest BCUT2D eigenvalue weighted by Gasteiger charge is -2.27. The number of nitrogens with two attached hydrogens (primary N) is 1. The first-order chi connectivity index (χ1) is 12.5. The van der Waals surface area contributed by atoms with Gasteiger partial charge in [0.15, 0.2) is 0 Å². The maximum absolute atomic E-state index is 12.5. The summed E-state index contributed by atoms with van der Waals surface area (Å²) in [5, 5.41) is 9.59. The molecule has 0 saturated heterocycles. The molecule has 0 aromatic heterocycles. The Morgan fingerprint density at radius 2 is 2.12 bits per heavy atom. The summed E-state index contributed by atoms with van der Waals surface area (Å²) in [7, 11) is 3.14.